The van der Waals surface area contributed by atoms with Crippen molar-refractivity contribution in [3.05, 3.63) is 59.7 Å². The van der Waals surface area contributed by atoms with E-state index in [0.29, 0.717) is 17.8 Å². The topological polar surface area (TPSA) is 66.5 Å². The summed E-state index contributed by atoms with van der Waals surface area (Å²) in [6.45, 7) is 4.18. The summed E-state index contributed by atoms with van der Waals surface area (Å²) in [5.41, 5.74) is 1.65. The molecule has 2 aromatic carbocycles. The number of nitrogens with one attached hydrogen (secondary N) is 1. The quantitative estimate of drug-likeness (QED) is 0.915. The van der Waals surface area contributed by atoms with Crippen molar-refractivity contribution >= 4 is 21.6 Å². The molecule has 0 bridgehead atoms. The van der Waals surface area contributed by atoms with E-state index in [2.05, 4.69) is 5.32 Å². The second-order valence-electron chi connectivity index (χ2n) is 5.16. The van der Waals surface area contributed by atoms with Crippen molar-refractivity contribution in [2.24, 2.45) is 0 Å². The first-order chi connectivity index (χ1) is 10.9. The average molecular weight is 332 g/mol. The Labute approximate surface area is 137 Å². The molecule has 0 aromatic heterocycles. The molecule has 0 saturated heterocycles. The third-order valence-electron chi connectivity index (χ3n) is 3.50. The predicted molar refractivity (Wildman–Crippen MR) is 91.2 cm³/mol. The molecule has 122 valence electrons. The van der Waals surface area contributed by atoms with Gasteiger partial charge in [0.1, 0.15) is 0 Å². The Hall–Kier alpha value is -2.34. The maximum Gasteiger partial charge on any atom is 0.264 e. The van der Waals surface area contributed by atoms with Gasteiger partial charge < -0.3 is 5.32 Å². The summed E-state index contributed by atoms with van der Waals surface area (Å²) in [6.07, 6.45) is 0. The van der Waals surface area contributed by atoms with Gasteiger partial charge in [0.05, 0.1) is 16.1 Å². The third kappa shape index (κ3) is 3.53. The minimum absolute atomic E-state index is 0.191. The maximum absolute atomic E-state index is 12.8. The molecule has 0 unspecified atom stereocenters. The Kier molecular flexibility index (Phi) is 5.05. The van der Waals surface area contributed by atoms with E-state index in [1.165, 1.54) is 7.05 Å². The van der Waals surface area contributed by atoms with Gasteiger partial charge in [-0.15, -0.1) is 0 Å². The van der Waals surface area contributed by atoms with Crippen LogP contribution in [0, 0.1) is 6.92 Å². The fourth-order valence-corrected chi connectivity index (χ4v) is 3.41. The number of carbonyl (C=O) groups excluding carboxylic acids is 1. The molecule has 2 aromatic rings. The van der Waals surface area contributed by atoms with E-state index < -0.39 is 10.0 Å². The summed E-state index contributed by atoms with van der Waals surface area (Å²) in [5.74, 6) is -0.297. The summed E-state index contributed by atoms with van der Waals surface area (Å²) in [5, 5.41) is 2.70. The summed E-state index contributed by atoms with van der Waals surface area (Å²) >= 11 is 0. The lowest BCUT2D eigenvalue weighted by Crippen LogP contribution is -2.30. The van der Waals surface area contributed by atoms with Crippen LogP contribution in [-0.4, -0.2) is 27.9 Å². The molecular formula is C17H20N2O3S. The predicted octanol–water partition coefficient (Wildman–Crippen LogP) is 2.57. The minimum atomic E-state index is -3.73. The number of amides is 1. The van der Waals surface area contributed by atoms with E-state index in [4.69, 9.17) is 0 Å². The van der Waals surface area contributed by atoms with Gasteiger partial charge in [0.2, 0.25) is 0 Å². The first-order valence-electron chi connectivity index (χ1n) is 7.30. The zero-order valence-electron chi connectivity index (χ0n) is 13.4. The molecule has 0 aliphatic rings. The Morgan fingerprint density at radius 2 is 1.70 bits per heavy atom. The Balaban J connectivity index is 2.46. The smallest absolute Gasteiger partial charge is 0.264 e. The molecule has 0 aliphatic heterocycles. The largest absolute Gasteiger partial charge is 0.352 e. The van der Waals surface area contributed by atoms with Crippen LogP contribution in [0.4, 0.5) is 5.69 Å². The molecule has 0 radical (unpaired) electrons. The van der Waals surface area contributed by atoms with Crippen LogP contribution in [0.15, 0.2) is 53.4 Å². The van der Waals surface area contributed by atoms with Crippen molar-refractivity contribution in [3.63, 3.8) is 0 Å². The van der Waals surface area contributed by atoms with Crippen LogP contribution in [0.5, 0.6) is 0 Å². The van der Waals surface area contributed by atoms with Crippen molar-refractivity contribution < 1.29 is 13.2 Å². The number of nitrogens with zero attached hydrogens (tertiary/aromatic N) is 1. The molecule has 0 atom stereocenters. The highest BCUT2D eigenvalue weighted by Crippen LogP contribution is 2.25. The highest BCUT2D eigenvalue weighted by Gasteiger charge is 2.24. The second kappa shape index (κ2) is 6.83. The summed E-state index contributed by atoms with van der Waals surface area (Å²) < 4.78 is 26.7. The standard InChI is InChI=1S/C17H20N2O3S/c1-4-18-17(20)15-7-5-6-8-16(15)19(3)23(21,22)14-11-9-13(2)10-12-14/h5-12H,4H2,1-3H3,(H,18,20). The number of anilines is 1. The van der Waals surface area contributed by atoms with E-state index in [1.54, 1.807) is 48.5 Å². The van der Waals surface area contributed by atoms with Crippen LogP contribution >= 0.6 is 0 Å². The van der Waals surface area contributed by atoms with Gasteiger partial charge in [0, 0.05) is 13.6 Å². The van der Waals surface area contributed by atoms with Gasteiger partial charge in [0.15, 0.2) is 0 Å². The van der Waals surface area contributed by atoms with Crippen LogP contribution in [-0.2, 0) is 10.0 Å². The summed E-state index contributed by atoms with van der Waals surface area (Å²) in [6, 6.07) is 13.3. The Bertz CT molecular complexity index is 799. The normalized spacial score (nSPS) is 11.1. The van der Waals surface area contributed by atoms with Crippen molar-refractivity contribution in [1.82, 2.24) is 5.32 Å². The van der Waals surface area contributed by atoms with E-state index in [-0.39, 0.29) is 10.8 Å². The summed E-state index contributed by atoms with van der Waals surface area (Å²) in [7, 11) is -2.27. The van der Waals surface area contributed by atoms with Crippen LogP contribution in [0.1, 0.15) is 22.8 Å². The van der Waals surface area contributed by atoms with Crippen molar-refractivity contribution in [2.75, 3.05) is 17.9 Å². The van der Waals surface area contributed by atoms with Crippen LogP contribution < -0.4 is 9.62 Å². The zero-order valence-corrected chi connectivity index (χ0v) is 14.2. The van der Waals surface area contributed by atoms with E-state index >= 15 is 0 Å². The molecule has 0 aliphatic carbocycles. The molecule has 0 fully saturated rings. The van der Waals surface area contributed by atoms with Gasteiger partial charge in [-0.3, -0.25) is 9.10 Å². The molecule has 0 spiro atoms. The van der Waals surface area contributed by atoms with Gasteiger partial charge in [-0.2, -0.15) is 0 Å². The number of rotatable bonds is 5. The van der Waals surface area contributed by atoms with Gasteiger partial charge in [-0.05, 0) is 38.1 Å². The summed E-state index contributed by atoms with van der Waals surface area (Å²) in [4.78, 5) is 12.3. The molecule has 2 rings (SSSR count). The molecule has 0 saturated carbocycles. The number of benzene rings is 2. The third-order valence-corrected chi connectivity index (χ3v) is 5.29. The lowest BCUT2D eigenvalue weighted by Gasteiger charge is -2.22. The lowest BCUT2D eigenvalue weighted by atomic mass is 10.1. The molecule has 1 N–H and O–H groups in total. The first-order valence-corrected chi connectivity index (χ1v) is 8.74. The van der Waals surface area contributed by atoms with E-state index in [9.17, 15) is 13.2 Å². The zero-order chi connectivity index (χ0) is 17.0. The minimum Gasteiger partial charge on any atom is -0.352 e. The number of carbonyl (C=O) groups is 1. The molecule has 23 heavy (non-hydrogen) atoms. The molecule has 6 heteroatoms. The van der Waals surface area contributed by atoms with E-state index in [1.807, 2.05) is 13.8 Å². The number of sulfonamides is 1. The van der Waals surface area contributed by atoms with Gasteiger partial charge in [0.25, 0.3) is 15.9 Å². The van der Waals surface area contributed by atoms with Gasteiger partial charge >= 0.3 is 0 Å². The molecular weight excluding hydrogens is 312 g/mol. The average Bonchev–Trinajstić information content (AvgIpc) is 2.54. The first kappa shape index (κ1) is 17.0. The van der Waals surface area contributed by atoms with Crippen molar-refractivity contribution in [3.8, 4) is 0 Å². The SMILES string of the molecule is CCNC(=O)c1ccccc1N(C)S(=O)(=O)c1ccc(C)cc1. The van der Waals surface area contributed by atoms with Crippen molar-refractivity contribution in [1.29, 1.82) is 0 Å². The maximum atomic E-state index is 12.8. The Morgan fingerprint density at radius 1 is 1.09 bits per heavy atom. The second-order valence-corrected chi connectivity index (χ2v) is 7.13. The number of hydrogen-bond donors (Lipinski definition) is 1. The van der Waals surface area contributed by atoms with Crippen molar-refractivity contribution in [2.45, 2.75) is 18.7 Å². The number of hydrogen-bond acceptors (Lipinski definition) is 3. The Morgan fingerprint density at radius 3 is 2.30 bits per heavy atom. The lowest BCUT2D eigenvalue weighted by molar-refractivity contribution is 0.0956. The monoisotopic (exact) mass is 332 g/mol. The van der Waals surface area contributed by atoms with Crippen LogP contribution in [0.3, 0.4) is 0 Å². The highest BCUT2D eigenvalue weighted by atomic mass is 32.2. The highest BCUT2D eigenvalue weighted by molar-refractivity contribution is 7.92. The van der Waals surface area contributed by atoms with Gasteiger partial charge in [-0.1, -0.05) is 29.8 Å². The fourth-order valence-electron chi connectivity index (χ4n) is 2.19. The van der Waals surface area contributed by atoms with Crippen LogP contribution in [0.25, 0.3) is 0 Å². The molecule has 5 nitrogen and oxygen atoms in total. The fraction of sp³-hybridized carbons (Fsp3) is 0.235. The van der Waals surface area contributed by atoms with Gasteiger partial charge in [-0.25, -0.2) is 8.42 Å². The number of aryl methyl sites for hydroxylation is 1. The van der Waals surface area contributed by atoms with E-state index in [0.717, 1.165) is 9.87 Å². The van der Waals surface area contributed by atoms with Crippen LogP contribution in [0.2, 0.25) is 0 Å². The molecule has 1 amide bonds. The number of para-hydroxylation sites is 1. The molecule has 0 heterocycles.